The van der Waals surface area contributed by atoms with Crippen LogP contribution in [0.1, 0.15) is 41.6 Å². The number of fused-ring (bicyclic) bond motifs is 4. The summed E-state index contributed by atoms with van der Waals surface area (Å²) in [6, 6.07) is 8.99. The Morgan fingerprint density at radius 1 is 0.909 bits per heavy atom. The molecule has 1 aliphatic carbocycles. The molecule has 5 atom stereocenters. The van der Waals surface area contributed by atoms with Crippen LogP contribution in [0.3, 0.4) is 0 Å². The van der Waals surface area contributed by atoms with Gasteiger partial charge in [-0.15, -0.1) is 0 Å². The Bertz CT molecular complexity index is 1650. The summed E-state index contributed by atoms with van der Waals surface area (Å²) in [5.41, 5.74) is 2.09. The van der Waals surface area contributed by atoms with Gasteiger partial charge < -0.3 is 52.8 Å². The van der Waals surface area contributed by atoms with Gasteiger partial charge in [0.25, 0.3) is 0 Å². The Morgan fingerprint density at radius 3 is 2.39 bits per heavy atom. The van der Waals surface area contributed by atoms with Gasteiger partial charge in [-0.05, 0) is 48.1 Å². The fourth-order valence-corrected chi connectivity index (χ4v) is 7.10. The second kappa shape index (κ2) is 10.4. The van der Waals surface area contributed by atoms with Crippen molar-refractivity contribution >= 4 is 16.7 Å². The predicted molar refractivity (Wildman–Crippen MR) is 151 cm³/mol. The normalized spacial score (nSPS) is 27.8. The molecule has 0 bridgehead atoms. The van der Waals surface area contributed by atoms with Gasteiger partial charge in [-0.2, -0.15) is 0 Å². The van der Waals surface area contributed by atoms with E-state index in [1.165, 1.54) is 14.2 Å². The second-order valence-electron chi connectivity index (χ2n) is 11.6. The molecule has 12 heteroatoms. The molecular formula is C32H32O12. The van der Waals surface area contributed by atoms with Crippen LogP contribution in [0.25, 0.3) is 21.9 Å². The van der Waals surface area contributed by atoms with Gasteiger partial charge in [0.05, 0.1) is 26.4 Å². The number of methoxy groups -OCH3 is 2. The van der Waals surface area contributed by atoms with Gasteiger partial charge in [0, 0.05) is 29.4 Å². The van der Waals surface area contributed by atoms with Gasteiger partial charge in [-0.3, -0.25) is 0 Å². The lowest BCUT2D eigenvalue weighted by Crippen LogP contribution is -2.58. The van der Waals surface area contributed by atoms with Gasteiger partial charge >= 0.3 is 5.97 Å². The molecule has 3 fully saturated rings. The maximum absolute atomic E-state index is 13.4. The maximum Gasteiger partial charge on any atom is 0.339 e. The van der Waals surface area contributed by atoms with E-state index in [0.717, 1.165) is 12.8 Å². The molecule has 2 saturated heterocycles. The molecule has 12 nitrogen and oxygen atoms in total. The largest absolute Gasteiger partial charge is 0.493 e. The third kappa shape index (κ3) is 4.12. The minimum atomic E-state index is -1.25. The predicted octanol–water partition coefficient (Wildman–Crippen LogP) is 3.43. The summed E-state index contributed by atoms with van der Waals surface area (Å²) >= 11 is 0. The number of hydrogen-bond acceptors (Lipinski definition) is 12. The van der Waals surface area contributed by atoms with Crippen LogP contribution in [0.4, 0.5) is 0 Å². The van der Waals surface area contributed by atoms with Crippen molar-refractivity contribution in [2.24, 2.45) is 0 Å². The molecule has 2 N–H and O–H groups in total. The van der Waals surface area contributed by atoms with Crippen molar-refractivity contribution in [3.8, 4) is 39.9 Å². The molecule has 5 aliphatic rings. The van der Waals surface area contributed by atoms with Crippen molar-refractivity contribution < 1.29 is 57.6 Å². The number of aliphatic hydroxyl groups is 2. The van der Waals surface area contributed by atoms with E-state index in [1.807, 2.05) is 12.1 Å². The van der Waals surface area contributed by atoms with Gasteiger partial charge in [-0.25, -0.2) is 4.79 Å². The minimum absolute atomic E-state index is 0.0631. The Labute approximate surface area is 252 Å². The number of ether oxygens (including phenoxy) is 9. The van der Waals surface area contributed by atoms with Crippen molar-refractivity contribution in [2.45, 2.75) is 68.8 Å². The van der Waals surface area contributed by atoms with Crippen LogP contribution in [0, 0.1) is 0 Å². The van der Waals surface area contributed by atoms with E-state index in [1.54, 1.807) is 18.2 Å². The molecule has 0 amide bonds. The quantitative estimate of drug-likeness (QED) is 0.396. The Balaban J connectivity index is 1.28. The zero-order valence-corrected chi connectivity index (χ0v) is 24.2. The number of carbonyl (C=O) groups is 1. The molecule has 1 saturated carbocycles. The van der Waals surface area contributed by atoms with Crippen molar-refractivity contribution in [3.63, 3.8) is 0 Å². The summed E-state index contributed by atoms with van der Waals surface area (Å²) in [5, 5.41) is 23.0. The van der Waals surface area contributed by atoms with Crippen LogP contribution in [0.2, 0.25) is 0 Å². The van der Waals surface area contributed by atoms with E-state index in [9.17, 15) is 15.0 Å². The Morgan fingerprint density at radius 2 is 1.64 bits per heavy atom. The van der Waals surface area contributed by atoms with Crippen LogP contribution in [0.15, 0.2) is 30.3 Å². The molecule has 8 rings (SSSR count). The number of esters is 1. The summed E-state index contributed by atoms with van der Waals surface area (Å²) in [6.45, 7) is -0.318. The van der Waals surface area contributed by atoms with Crippen molar-refractivity contribution in [1.82, 2.24) is 0 Å². The minimum Gasteiger partial charge on any atom is -0.493 e. The maximum atomic E-state index is 13.4. The smallest absolute Gasteiger partial charge is 0.339 e. The number of cyclic esters (lactones) is 1. The van der Waals surface area contributed by atoms with Gasteiger partial charge in [-0.1, -0.05) is 6.07 Å². The molecule has 4 heterocycles. The van der Waals surface area contributed by atoms with Crippen LogP contribution in [-0.2, 0) is 25.6 Å². The first kappa shape index (κ1) is 27.7. The number of aliphatic hydroxyl groups excluding tert-OH is 2. The van der Waals surface area contributed by atoms with Crippen molar-refractivity contribution in [2.75, 3.05) is 27.6 Å². The number of carbonyl (C=O) groups excluding carboxylic acids is 1. The molecule has 44 heavy (non-hydrogen) atoms. The molecular weight excluding hydrogens is 576 g/mol. The summed E-state index contributed by atoms with van der Waals surface area (Å²) < 4.78 is 53.2. The zero-order valence-electron chi connectivity index (χ0n) is 24.2. The highest BCUT2D eigenvalue weighted by Gasteiger charge is 2.59. The standard InChI is InChI=1S/C32H32O12/c1-36-20-10-16-17(11-21(20)37-2)27(18-13-38-30(35)25(18)24(16)15-5-6-19-22(9-15)40-14-39-19)42-31-26(34)29-28(23(12-33)41-31)43-32(44-29)7-3-4-8-32/h5-6,9-11,23,26,28-29,31,33-34H,3-4,7-8,12-14H2,1-2H3. The van der Waals surface area contributed by atoms with Gasteiger partial charge in [0.15, 0.2) is 28.8 Å². The molecule has 232 valence electrons. The fourth-order valence-electron chi connectivity index (χ4n) is 7.10. The van der Waals surface area contributed by atoms with Gasteiger partial charge in [0.1, 0.15) is 36.8 Å². The Hall–Kier alpha value is -3.81. The van der Waals surface area contributed by atoms with Gasteiger partial charge in [0.2, 0.25) is 13.1 Å². The summed E-state index contributed by atoms with van der Waals surface area (Å²) in [6.07, 6.45) is -1.41. The van der Waals surface area contributed by atoms with E-state index in [0.29, 0.717) is 68.9 Å². The molecule has 5 unspecified atom stereocenters. The first-order chi connectivity index (χ1) is 21.4. The van der Waals surface area contributed by atoms with E-state index in [4.69, 9.17) is 42.6 Å². The molecule has 3 aromatic rings. The van der Waals surface area contributed by atoms with E-state index in [2.05, 4.69) is 0 Å². The lowest BCUT2D eigenvalue weighted by Gasteiger charge is -2.39. The number of rotatable bonds is 6. The second-order valence-corrected chi connectivity index (χ2v) is 11.6. The van der Waals surface area contributed by atoms with Crippen molar-refractivity contribution in [1.29, 1.82) is 0 Å². The monoisotopic (exact) mass is 608 g/mol. The molecule has 3 aromatic carbocycles. The molecule has 4 aliphatic heterocycles. The highest BCUT2D eigenvalue weighted by atomic mass is 16.8. The Kier molecular flexibility index (Phi) is 6.54. The first-order valence-electron chi connectivity index (χ1n) is 14.7. The average Bonchev–Trinajstić information content (AvgIpc) is 3.85. The van der Waals surface area contributed by atoms with Crippen molar-refractivity contribution in [3.05, 3.63) is 41.5 Å². The summed E-state index contributed by atoms with van der Waals surface area (Å²) in [5.74, 6) is 0.985. The molecule has 0 radical (unpaired) electrons. The third-order valence-electron chi connectivity index (χ3n) is 9.17. The fraction of sp³-hybridized carbons (Fsp3) is 0.469. The third-order valence-corrected chi connectivity index (χ3v) is 9.17. The highest BCUT2D eigenvalue weighted by Crippen LogP contribution is 2.51. The van der Waals surface area contributed by atoms with Crippen LogP contribution >= 0.6 is 0 Å². The topological polar surface area (TPSA) is 141 Å². The van der Waals surface area contributed by atoms with E-state index < -0.39 is 42.5 Å². The SMILES string of the molecule is COc1cc2c(OC3OC(CO)C4OC5(CCCC5)OC4C3O)c3c(c(-c4ccc5c(c4)OCO5)c2cc1OC)C(=O)OC3. The average molecular weight is 609 g/mol. The van der Waals surface area contributed by atoms with Crippen LogP contribution in [0.5, 0.6) is 28.7 Å². The first-order valence-corrected chi connectivity index (χ1v) is 14.7. The summed E-state index contributed by atoms with van der Waals surface area (Å²) in [7, 11) is 3.06. The lowest BCUT2D eigenvalue weighted by atomic mass is 9.89. The lowest BCUT2D eigenvalue weighted by molar-refractivity contribution is -0.254. The highest BCUT2D eigenvalue weighted by molar-refractivity contribution is 6.14. The molecule has 0 aromatic heterocycles. The van der Waals surface area contributed by atoms with Crippen LogP contribution < -0.4 is 23.7 Å². The summed E-state index contributed by atoms with van der Waals surface area (Å²) in [4.78, 5) is 13.4. The van der Waals surface area contributed by atoms with E-state index >= 15 is 0 Å². The van der Waals surface area contributed by atoms with Crippen LogP contribution in [-0.4, -0.2) is 80.3 Å². The number of benzene rings is 3. The number of hydrogen-bond donors (Lipinski definition) is 2. The zero-order chi connectivity index (χ0) is 30.2. The molecule has 1 spiro atoms. The van der Waals surface area contributed by atoms with E-state index in [-0.39, 0.29) is 25.8 Å².